The van der Waals surface area contributed by atoms with Gasteiger partial charge in [0.05, 0.1) is 14.7 Å². The Labute approximate surface area is 178 Å². The molecule has 21 heavy (non-hydrogen) atoms. The van der Waals surface area contributed by atoms with Crippen molar-refractivity contribution in [1.82, 2.24) is 0 Å². The maximum Gasteiger partial charge on any atom is 1.00 e. The Morgan fingerprint density at radius 3 is 1.76 bits per heavy atom. The monoisotopic (exact) mass is 365 g/mol. The van der Waals surface area contributed by atoms with Crippen molar-refractivity contribution in [2.24, 2.45) is 0 Å². The molecule has 0 atom stereocenters. The summed E-state index contributed by atoms with van der Waals surface area (Å²) in [5.74, 6) is 0. The van der Waals surface area contributed by atoms with Crippen LogP contribution < -0.4 is 51.4 Å². The summed E-state index contributed by atoms with van der Waals surface area (Å²) in [6, 6.07) is 12.2. The molecule has 0 saturated heterocycles. The minimum absolute atomic E-state index is 0. The summed E-state index contributed by atoms with van der Waals surface area (Å²) >= 11 is 0. The molecule has 5 nitrogen and oxygen atoms in total. The van der Waals surface area contributed by atoms with Gasteiger partial charge in [-0.1, -0.05) is 24.3 Å². The van der Waals surface area contributed by atoms with Crippen LogP contribution in [0.3, 0.4) is 0 Å². The second-order valence-corrected chi connectivity index (χ2v) is 7.14. The first-order valence-corrected chi connectivity index (χ1v) is 8.12. The molecule has 0 aliphatic heterocycles. The fourth-order valence-electron chi connectivity index (χ4n) is 1.54. The number of hydrogen-bond acceptors (Lipinski definition) is 4. The molecular formula is C12H11AlKO5S2. The normalized spacial score (nSPS) is 11.1. The fraction of sp³-hybridized carbons (Fsp3) is 0. The second-order valence-electron chi connectivity index (χ2n) is 3.77. The number of hydrogen-bond donors (Lipinski definition) is 1. The van der Waals surface area contributed by atoms with Crippen LogP contribution in [0, 0.1) is 0 Å². The molecule has 0 heterocycles. The quantitative estimate of drug-likeness (QED) is 0.528. The molecule has 0 amide bonds. The van der Waals surface area contributed by atoms with Crippen molar-refractivity contribution in [3.05, 3.63) is 54.6 Å². The molecule has 1 N–H and O–H groups in total. The van der Waals surface area contributed by atoms with Crippen LogP contribution in [0.1, 0.15) is 1.43 Å². The van der Waals surface area contributed by atoms with Crippen molar-refractivity contribution in [1.29, 1.82) is 0 Å². The largest absolute Gasteiger partial charge is 1.00 e. The third kappa shape index (κ3) is 5.25. The van der Waals surface area contributed by atoms with Crippen LogP contribution in [0.15, 0.2) is 69.3 Å². The molecule has 0 aliphatic rings. The topological polar surface area (TPSA) is 88.5 Å². The van der Waals surface area contributed by atoms with Crippen molar-refractivity contribution in [2.45, 2.75) is 14.7 Å². The van der Waals surface area contributed by atoms with E-state index in [2.05, 4.69) is 0 Å². The van der Waals surface area contributed by atoms with Crippen molar-refractivity contribution < 1.29 is 74.2 Å². The number of rotatable bonds is 3. The summed E-state index contributed by atoms with van der Waals surface area (Å²) in [5.41, 5.74) is 0. The molecule has 0 aromatic heterocycles. The van der Waals surface area contributed by atoms with Gasteiger partial charge < -0.3 is 1.43 Å². The van der Waals surface area contributed by atoms with E-state index in [1.54, 1.807) is 18.2 Å². The first-order valence-electron chi connectivity index (χ1n) is 5.19. The number of benzene rings is 2. The minimum Gasteiger partial charge on any atom is -1.00 e. The SMILES string of the molecule is O=S(=O)(O)c1cccc(S(=O)(=O)c2ccccc2)c1.[Al].[H-].[K+]. The standard InChI is InChI=1S/C12H10O5S2.Al.K.H/c13-18(14,10-5-2-1-3-6-10)11-7-4-8-12(9-11)19(15,16)17;;;/h1-9H,(H,15,16,17);;;/q;;+1;-1. The Bertz CT molecular complexity index is 810. The molecule has 2 rings (SSSR count). The zero-order valence-electron chi connectivity index (χ0n) is 12.2. The maximum absolute atomic E-state index is 12.2. The van der Waals surface area contributed by atoms with E-state index in [9.17, 15) is 16.8 Å². The molecule has 0 unspecified atom stereocenters. The summed E-state index contributed by atoms with van der Waals surface area (Å²) in [5, 5.41) is 0. The van der Waals surface area contributed by atoms with E-state index in [1.807, 2.05) is 0 Å². The molecule has 0 bridgehead atoms. The van der Waals surface area contributed by atoms with Gasteiger partial charge in [-0.2, -0.15) is 8.42 Å². The van der Waals surface area contributed by atoms with Crippen molar-refractivity contribution >= 4 is 37.3 Å². The zero-order chi connectivity index (χ0) is 14.1. The van der Waals surface area contributed by atoms with Gasteiger partial charge in [-0.3, -0.25) is 4.55 Å². The minimum atomic E-state index is -4.43. The van der Waals surface area contributed by atoms with Crippen LogP contribution in [0.4, 0.5) is 0 Å². The summed E-state index contributed by atoms with van der Waals surface area (Å²) in [4.78, 5) is -0.583. The third-order valence-corrected chi connectivity index (χ3v) is 5.08. The van der Waals surface area contributed by atoms with Crippen LogP contribution in [-0.2, 0) is 20.0 Å². The van der Waals surface area contributed by atoms with E-state index in [0.717, 1.165) is 12.1 Å². The summed E-state index contributed by atoms with van der Waals surface area (Å²) in [6.45, 7) is 0. The smallest absolute Gasteiger partial charge is 1.00 e. The molecule has 105 valence electrons. The average molecular weight is 365 g/mol. The van der Waals surface area contributed by atoms with Gasteiger partial charge in [-0.15, -0.1) is 0 Å². The van der Waals surface area contributed by atoms with Gasteiger partial charge in [-0.25, -0.2) is 8.42 Å². The zero-order valence-corrected chi connectivity index (χ0v) is 17.1. The van der Waals surface area contributed by atoms with Crippen molar-refractivity contribution in [2.75, 3.05) is 0 Å². The van der Waals surface area contributed by atoms with Crippen LogP contribution in [0.25, 0.3) is 0 Å². The Morgan fingerprint density at radius 2 is 1.24 bits per heavy atom. The van der Waals surface area contributed by atoms with Gasteiger partial charge >= 0.3 is 51.4 Å². The molecule has 2 aromatic rings. The third-order valence-electron chi connectivity index (χ3n) is 2.47. The van der Waals surface area contributed by atoms with E-state index >= 15 is 0 Å². The molecule has 0 aliphatic carbocycles. The van der Waals surface area contributed by atoms with Gasteiger partial charge in [0.2, 0.25) is 9.84 Å². The van der Waals surface area contributed by atoms with E-state index < -0.39 is 24.9 Å². The Balaban J connectivity index is 0. The van der Waals surface area contributed by atoms with Gasteiger partial charge in [0.15, 0.2) is 0 Å². The molecule has 0 fully saturated rings. The van der Waals surface area contributed by atoms with Crippen LogP contribution in [0.5, 0.6) is 0 Å². The van der Waals surface area contributed by atoms with E-state index in [4.69, 9.17) is 4.55 Å². The first kappa shape index (κ1) is 21.5. The van der Waals surface area contributed by atoms with Crippen LogP contribution >= 0.6 is 0 Å². The van der Waals surface area contributed by atoms with Crippen LogP contribution in [-0.4, -0.2) is 38.7 Å². The summed E-state index contributed by atoms with van der Waals surface area (Å²) in [6.07, 6.45) is 0. The van der Waals surface area contributed by atoms with Gasteiger partial charge in [-0.05, 0) is 30.3 Å². The van der Waals surface area contributed by atoms with Gasteiger partial charge in [0, 0.05) is 17.4 Å². The Kier molecular flexibility index (Phi) is 8.54. The Hall–Kier alpha value is 0.469. The van der Waals surface area contributed by atoms with Gasteiger partial charge in [0.1, 0.15) is 0 Å². The average Bonchev–Trinajstić information content (AvgIpc) is 2.39. The second kappa shape index (κ2) is 8.36. The van der Waals surface area contributed by atoms with E-state index in [-0.39, 0.29) is 80.0 Å². The molecular weight excluding hydrogens is 354 g/mol. The first-order chi connectivity index (χ1) is 8.82. The van der Waals surface area contributed by atoms with E-state index in [0.29, 0.717) is 0 Å². The molecule has 9 heteroatoms. The van der Waals surface area contributed by atoms with Crippen LogP contribution in [0.2, 0.25) is 0 Å². The molecule has 2 aromatic carbocycles. The maximum atomic E-state index is 12.2. The number of sulfone groups is 1. The van der Waals surface area contributed by atoms with Crippen molar-refractivity contribution in [3.8, 4) is 0 Å². The summed E-state index contributed by atoms with van der Waals surface area (Å²) in [7, 11) is -8.23. The van der Waals surface area contributed by atoms with Crippen molar-refractivity contribution in [3.63, 3.8) is 0 Å². The van der Waals surface area contributed by atoms with Gasteiger partial charge in [0.25, 0.3) is 10.1 Å². The molecule has 3 radical (unpaired) electrons. The Morgan fingerprint density at radius 1 is 0.762 bits per heavy atom. The predicted octanol–water partition coefficient (Wildman–Crippen LogP) is -1.50. The fourth-order valence-corrected chi connectivity index (χ4v) is 3.47. The van der Waals surface area contributed by atoms with E-state index in [1.165, 1.54) is 24.3 Å². The molecule has 0 spiro atoms. The summed E-state index contributed by atoms with van der Waals surface area (Å²) < 4.78 is 55.4. The molecule has 0 saturated carbocycles. The predicted molar refractivity (Wildman–Crippen MR) is 75.0 cm³/mol.